The van der Waals surface area contributed by atoms with Crippen molar-refractivity contribution in [2.75, 3.05) is 0 Å². The van der Waals surface area contributed by atoms with Crippen LogP contribution in [0.5, 0.6) is 0 Å². The second-order valence-corrected chi connectivity index (χ2v) is 8.67. The molecule has 2 heterocycles. The number of hydrogen-bond acceptors (Lipinski definition) is 4. The molecule has 2 amide bonds. The predicted molar refractivity (Wildman–Crippen MR) is 103 cm³/mol. The molecule has 31 heavy (non-hydrogen) atoms. The Hall–Kier alpha value is -3.16. The average Bonchev–Trinajstić information content (AvgIpc) is 3.38. The zero-order valence-corrected chi connectivity index (χ0v) is 16.1. The topological polar surface area (TPSA) is 62.9 Å². The van der Waals surface area contributed by atoms with Gasteiger partial charge in [0.05, 0.1) is 23.6 Å². The number of rotatable bonds is 3. The minimum atomic E-state index is -4.45. The van der Waals surface area contributed by atoms with Crippen LogP contribution < -0.4 is 0 Å². The normalized spacial score (nSPS) is 33.3. The van der Waals surface area contributed by atoms with Gasteiger partial charge in [-0.1, -0.05) is 24.3 Å². The van der Waals surface area contributed by atoms with E-state index in [1.54, 1.807) is 0 Å². The van der Waals surface area contributed by atoms with Crippen LogP contribution in [0.2, 0.25) is 0 Å². The third-order valence-corrected chi connectivity index (χ3v) is 7.04. The van der Waals surface area contributed by atoms with Crippen LogP contribution in [0, 0.1) is 35.5 Å². The highest BCUT2D eigenvalue weighted by molar-refractivity contribution is 6.06. The molecule has 1 aromatic carbocycles. The second kappa shape index (κ2) is 6.18. The van der Waals surface area contributed by atoms with Crippen molar-refractivity contribution in [1.29, 1.82) is 0 Å². The van der Waals surface area contributed by atoms with E-state index in [0.29, 0.717) is 11.8 Å². The fourth-order valence-electron chi connectivity index (χ4n) is 5.60. The van der Waals surface area contributed by atoms with Gasteiger partial charge in [-0.15, -0.1) is 0 Å². The fourth-order valence-corrected chi connectivity index (χ4v) is 5.60. The first-order valence-electron chi connectivity index (χ1n) is 10.2. The molecule has 158 valence electrons. The van der Waals surface area contributed by atoms with Crippen molar-refractivity contribution < 1.29 is 27.2 Å². The number of hydrogen-bond donors (Lipinski definition) is 0. The van der Waals surface area contributed by atoms with Crippen LogP contribution in [0.25, 0.3) is 11.3 Å². The molecular formula is C23H17F3N2O3. The minimum Gasteiger partial charge on any atom is -0.455 e. The molecule has 2 bridgehead atoms. The summed E-state index contributed by atoms with van der Waals surface area (Å²) in [4.78, 5) is 25.8. The van der Waals surface area contributed by atoms with Crippen LogP contribution in [0.15, 0.2) is 58.1 Å². The Labute approximate surface area is 175 Å². The molecule has 0 N–H and O–H groups in total. The molecule has 0 unspecified atom stereocenters. The van der Waals surface area contributed by atoms with Crippen molar-refractivity contribution in [2.45, 2.75) is 12.6 Å². The quantitative estimate of drug-likeness (QED) is 0.416. The molecule has 1 aromatic heterocycles. The van der Waals surface area contributed by atoms with Gasteiger partial charge in [-0.25, -0.2) is 0 Å². The summed E-state index contributed by atoms with van der Waals surface area (Å²) in [5.41, 5.74) is -0.496. The first kappa shape index (κ1) is 18.6. The van der Waals surface area contributed by atoms with Crippen molar-refractivity contribution in [3.8, 4) is 11.3 Å². The maximum absolute atomic E-state index is 12.9. The number of nitrogens with zero attached hydrogens (tertiary/aromatic N) is 2. The molecule has 0 radical (unpaired) electrons. The van der Waals surface area contributed by atoms with Gasteiger partial charge in [0, 0.05) is 5.56 Å². The summed E-state index contributed by atoms with van der Waals surface area (Å²) in [5, 5.41) is 5.03. The molecule has 1 saturated heterocycles. The molecule has 5 aliphatic rings. The van der Waals surface area contributed by atoms with Gasteiger partial charge in [-0.05, 0) is 54.4 Å². The minimum absolute atomic E-state index is 0.118. The lowest BCUT2D eigenvalue weighted by molar-refractivity contribution is -0.140. The van der Waals surface area contributed by atoms with E-state index in [0.717, 1.165) is 23.6 Å². The standard InChI is InChI=1S/C23H17F3N2O3/c24-23(25,26)12-3-1-2-11(8-12)18-7-4-13(31-18)10-27-28-21(29)19-14-5-6-15(17-9-16(14)17)20(19)22(28)30/h1-8,10,14-17,19-20H,9H2/b27-10-/t14-,15-,16-,17+,19-,20-/m1/s1. The van der Waals surface area contributed by atoms with E-state index < -0.39 is 11.7 Å². The van der Waals surface area contributed by atoms with Gasteiger partial charge in [0.2, 0.25) is 0 Å². The van der Waals surface area contributed by atoms with Gasteiger partial charge < -0.3 is 4.42 Å². The highest BCUT2D eigenvalue weighted by Crippen LogP contribution is 2.65. The lowest BCUT2D eigenvalue weighted by Crippen LogP contribution is -2.40. The van der Waals surface area contributed by atoms with E-state index in [1.165, 1.54) is 30.5 Å². The largest absolute Gasteiger partial charge is 0.455 e. The number of carbonyl (C=O) groups is 2. The maximum atomic E-state index is 12.9. The zero-order valence-electron chi connectivity index (χ0n) is 16.1. The molecule has 2 aromatic rings. The molecule has 4 aliphatic carbocycles. The van der Waals surface area contributed by atoms with Crippen LogP contribution in [-0.2, 0) is 15.8 Å². The predicted octanol–water partition coefficient (Wildman–Crippen LogP) is 4.35. The van der Waals surface area contributed by atoms with E-state index in [9.17, 15) is 22.8 Å². The van der Waals surface area contributed by atoms with Crippen molar-refractivity contribution in [2.24, 2.45) is 40.6 Å². The molecule has 2 saturated carbocycles. The summed E-state index contributed by atoms with van der Waals surface area (Å²) >= 11 is 0. The van der Waals surface area contributed by atoms with Gasteiger partial charge >= 0.3 is 6.18 Å². The summed E-state index contributed by atoms with van der Waals surface area (Å²) in [6.07, 6.45) is 2.08. The van der Waals surface area contributed by atoms with Gasteiger partial charge in [-0.2, -0.15) is 23.3 Å². The lowest BCUT2D eigenvalue weighted by Gasteiger charge is -2.37. The number of furan rings is 1. The van der Waals surface area contributed by atoms with Gasteiger partial charge in [0.1, 0.15) is 11.5 Å². The van der Waals surface area contributed by atoms with Crippen LogP contribution >= 0.6 is 0 Å². The summed E-state index contributed by atoms with van der Waals surface area (Å²) in [6.45, 7) is 0. The molecular weight excluding hydrogens is 409 g/mol. The lowest BCUT2D eigenvalue weighted by atomic mass is 9.63. The van der Waals surface area contributed by atoms with Crippen molar-refractivity contribution >= 4 is 18.0 Å². The number of alkyl halides is 3. The van der Waals surface area contributed by atoms with Crippen LogP contribution in [0.4, 0.5) is 13.2 Å². The monoisotopic (exact) mass is 426 g/mol. The average molecular weight is 426 g/mol. The van der Waals surface area contributed by atoms with E-state index in [-0.39, 0.29) is 52.6 Å². The first-order valence-corrected chi connectivity index (χ1v) is 10.2. The molecule has 3 fully saturated rings. The highest BCUT2D eigenvalue weighted by atomic mass is 19.4. The van der Waals surface area contributed by atoms with Crippen molar-refractivity contribution in [1.82, 2.24) is 5.01 Å². The Kier molecular flexibility index (Phi) is 3.71. The van der Waals surface area contributed by atoms with E-state index in [4.69, 9.17) is 4.42 Å². The van der Waals surface area contributed by atoms with Crippen molar-refractivity contribution in [3.63, 3.8) is 0 Å². The van der Waals surface area contributed by atoms with Crippen LogP contribution in [0.3, 0.4) is 0 Å². The number of allylic oxidation sites excluding steroid dienone is 2. The maximum Gasteiger partial charge on any atom is 0.416 e. The fraction of sp³-hybridized carbons (Fsp3) is 0.348. The summed E-state index contributed by atoms with van der Waals surface area (Å²) < 4.78 is 44.4. The number of hydrazone groups is 1. The van der Waals surface area contributed by atoms with E-state index in [1.807, 2.05) is 0 Å². The summed E-state index contributed by atoms with van der Waals surface area (Å²) in [6, 6.07) is 7.89. The molecule has 6 atom stereocenters. The van der Waals surface area contributed by atoms with Gasteiger partial charge in [-0.3, -0.25) is 9.59 Å². The third-order valence-electron chi connectivity index (χ3n) is 7.04. The van der Waals surface area contributed by atoms with Gasteiger partial charge in [0.25, 0.3) is 11.8 Å². The first-order chi connectivity index (χ1) is 14.8. The Morgan fingerprint density at radius 3 is 2.32 bits per heavy atom. The highest BCUT2D eigenvalue weighted by Gasteiger charge is 2.67. The summed E-state index contributed by atoms with van der Waals surface area (Å²) in [5.74, 6) is 0.520. The summed E-state index contributed by atoms with van der Waals surface area (Å²) in [7, 11) is 0. The second-order valence-electron chi connectivity index (χ2n) is 8.67. The number of benzene rings is 1. The Balaban J connectivity index is 1.23. The Morgan fingerprint density at radius 1 is 1.00 bits per heavy atom. The number of halogens is 3. The number of carbonyl (C=O) groups excluding carboxylic acids is 2. The number of amides is 2. The molecule has 5 nitrogen and oxygen atoms in total. The van der Waals surface area contributed by atoms with Crippen LogP contribution in [-0.4, -0.2) is 23.0 Å². The molecule has 8 heteroatoms. The number of imide groups is 1. The molecule has 0 spiro atoms. The smallest absolute Gasteiger partial charge is 0.416 e. The van der Waals surface area contributed by atoms with Gasteiger partial charge in [0.15, 0.2) is 0 Å². The molecule has 7 rings (SSSR count). The SMILES string of the molecule is O=C1[C@@H]2[C@@H]3C=C[C@H]([C@@H]4C[C@H]34)[C@H]2C(=O)N1/N=C\c1ccc(-c2cccc(C(F)(F)F)c2)o1. The molecule has 1 aliphatic heterocycles. The van der Waals surface area contributed by atoms with E-state index >= 15 is 0 Å². The third kappa shape index (κ3) is 2.73. The van der Waals surface area contributed by atoms with E-state index in [2.05, 4.69) is 17.3 Å². The van der Waals surface area contributed by atoms with Crippen molar-refractivity contribution in [3.05, 3.63) is 59.9 Å². The van der Waals surface area contributed by atoms with Crippen LogP contribution in [0.1, 0.15) is 17.7 Å². The zero-order chi connectivity index (χ0) is 21.5. The Bertz CT molecular complexity index is 1130. The Morgan fingerprint density at radius 2 is 1.68 bits per heavy atom.